The van der Waals surface area contributed by atoms with E-state index in [2.05, 4.69) is 4.98 Å². The molecule has 0 aromatic carbocycles. The van der Waals surface area contributed by atoms with Gasteiger partial charge in [-0.2, -0.15) is 0 Å². The summed E-state index contributed by atoms with van der Waals surface area (Å²) in [4.78, 5) is 2.76. The Labute approximate surface area is 65.2 Å². The molecule has 0 saturated heterocycles. The lowest BCUT2D eigenvalue weighted by molar-refractivity contribution is 0.197. The highest BCUT2D eigenvalue weighted by Gasteiger charge is 2.02. The maximum absolute atomic E-state index is 9.19. The normalized spacial score (nSPS) is 13.0. The lowest BCUT2D eigenvalue weighted by atomic mass is 10.1. The van der Waals surface area contributed by atoms with Crippen molar-refractivity contribution < 1.29 is 5.11 Å². The third kappa shape index (κ3) is 1.68. The number of H-pyrrole nitrogens is 1. The van der Waals surface area contributed by atoms with Gasteiger partial charge < -0.3 is 10.1 Å². The van der Waals surface area contributed by atoms with Gasteiger partial charge in [0.05, 0.1) is 6.10 Å². The van der Waals surface area contributed by atoms with Gasteiger partial charge in [-0.05, 0) is 25.5 Å². The number of aliphatic hydroxyl groups is 1. The van der Waals surface area contributed by atoms with Crippen LogP contribution in [0.2, 0.25) is 0 Å². The summed E-state index contributed by atoms with van der Waals surface area (Å²) in [5.74, 6) is 0. The van der Waals surface area contributed by atoms with E-state index in [1.807, 2.05) is 13.0 Å². The summed E-state index contributed by atoms with van der Waals surface area (Å²) in [6.45, 7) is 3.57. The molecule has 0 aliphatic carbocycles. The maximum atomic E-state index is 9.19. The van der Waals surface area contributed by atoms with Crippen LogP contribution in [0, 0.1) is 12.3 Å². The van der Waals surface area contributed by atoms with E-state index in [4.69, 9.17) is 5.41 Å². The highest BCUT2D eigenvalue weighted by atomic mass is 16.3. The molecule has 1 unspecified atom stereocenters. The Balaban J connectivity index is 3.24. The van der Waals surface area contributed by atoms with Crippen molar-refractivity contribution in [3.8, 4) is 0 Å². The summed E-state index contributed by atoms with van der Waals surface area (Å²) in [6, 6.07) is 1.81. The Kier molecular flexibility index (Phi) is 2.10. The van der Waals surface area contributed by atoms with Gasteiger partial charge in [0.25, 0.3) is 0 Å². The first-order valence-corrected chi connectivity index (χ1v) is 3.53. The van der Waals surface area contributed by atoms with E-state index in [1.165, 1.54) is 0 Å². The Morgan fingerprint density at radius 1 is 1.64 bits per heavy atom. The number of aliphatic hydroxyl groups excluding tert-OH is 1. The molecule has 0 spiro atoms. The zero-order valence-corrected chi connectivity index (χ0v) is 6.68. The summed E-state index contributed by atoms with van der Waals surface area (Å²) in [5.41, 5.74) is 1.95. The van der Waals surface area contributed by atoms with Gasteiger partial charge in [-0.3, -0.25) is 5.41 Å². The molecule has 3 heteroatoms. The molecular formula is C8H12N2O. The summed E-state index contributed by atoms with van der Waals surface area (Å²) < 4.78 is 0. The van der Waals surface area contributed by atoms with Gasteiger partial charge in [-0.25, -0.2) is 0 Å². The molecule has 1 aromatic heterocycles. The Hall–Kier alpha value is -1.09. The Bertz CT molecular complexity index is 301. The summed E-state index contributed by atoms with van der Waals surface area (Å²) in [7, 11) is 0. The highest BCUT2D eigenvalue weighted by molar-refractivity contribution is 5.17. The SMILES string of the molecule is Cc1c[nH]c(=N)c(C(C)O)c1. The van der Waals surface area contributed by atoms with Gasteiger partial charge in [0.1, 0.15) is 5.49 Å². The first-order chi connectivity index (χ1) is 5.11. The molecule has 0 amide bonds. The molecule has 1 aromatic rings. The van der Waals surface area contributed by atoms with Crippen LogP contribution in [-0.4, -0.2) is 10.1 Å². The third-order valence-electron chi connectivity index (χ3n) is 1.57. The second-order valence-electron chi connectivity index (χ2n) is 2.68. The largest absolute Gasteiger partial charge is 0.389 e. The molecule has 3 nitrogen and oxygen atoms in total. The lowest BCUT2D eigenvalue weighted by Crippen LogP contribution is -2.14. The predicted molar refractivity (Wildman–Crippen MR) is 42.0 cm³/mol. The standard InChI is InChI=1S/C8H12N2O/c1-5-3-7(6(2)11)8(9)10-4-5/h3-4,6,11H,1-2H3,(H2,9,10). The van der Waals surface area contributed by atoms with E-state index in [0.717, 1.165) is 5.56 Å². The van der Waals surface area contributed by atoms with E-state index in [-0.39, 0.29) is 5.49 Å². The summed E-state index contributed by atoms with van der Waals surface area (Å²) in [6.07, 6.45) is 1.17. The maximum Gasteiger partial charge on any atom is 0.127 e. The molecule has 1 heterocycles. The number of hydrogen-bond acceptors (Lipinski definition) is 2. The van der Waals surface area contributed by atoms with Crippen molar-refractivity contribution in [3.63, 3.8) is 0 Å². The number of nitrogens with one attached hydrogen (secondary N) is 2. The molecule has 1 rings (SSSR count). The number of rotatable bonds is 1. The molecule has 0 radical (unpaired) electrons. The fraction of sp³-hybridized carbons (Fsp3) is 0.375. The average molecular weight is 152 g/mol. The molecular weight excluding hydrogens is 140 g/mol. The van der Waals surface area contributed by atoms with Crippen LogP contribution in [0.1, 0.15) is 24.2 Å². The van der Waals surface area contributed by atoms with E-state index in [0.29, 0.717) is 5.56 Å². The zero-order valence-electron chi connectivity index (χ0n) is 6.68. The zero-order chi connectivity index (χ0) is 8.43. The van der Waals surface area contributed by atoms with E-state index >= 15 is 0 Å². The quantitative estimate of drug-likeness (QED) is 0.549. The smallest absolute Gasteiger partial charge is 0.127 e. The molecule has 1 atom stereocenters. The van der Waals surface area contributed by atoms with Gasteiger partial charge in [0.2, 0.25) is 0 Å². The van der Waals surface area contributed by atoms with Crippen molar-refractivity contribution in [1.29, 1.82) is 5.41 Å². The second-order valence-corrected chi connectivity index (χ2v) is 2.68. The average Bonchev–Trinajstić information content (AvgIpc) is 1.94. The van der Waals surface area contributed by atoms with Crippen molar-refractivity contribution in [2.75, 3.05) is 0 Å². The predicted octanol–water partition coefficient (Wildman–Crippen LogP) is 0.856. The molecule has 60 valence electrons. The number of pyridine rings is 1. The van der Waals surface area contributed by atoms with Crippen LogP contribution in [0.25, 0.3) is 0 Å². The molecule has 0 aliphatic heterocycles. The third-order valence-corrected chi connectivity index (χ3v) is 1.57. The Morgan fingerprint density at radius 3 is 2.73 bits per heavy atom. The minimum Gasteiger partial charge on any atom is -0.389 e. The monoisotopic (exact) mass is 152 g/mol. The summed E-state index contributed by atoms with van der Waals surface area (Å²) >= 11 is 0. The minimum atomic E-state index is -0.571. The van der Waals surface area contributed by atoms with Crippen molar-refractivity contribution in [2.24, 2.45) is 0 Å². The van der Waals surface area contributed by atoms with Gasteiger partial charge in [-0.1, -0.05) is 0 Å². The van der Waals surface area contributed by atoms with Gasteiger partial charge in [-0.15, -0.1) is 0 Å². The highest BCUT2D eigenvalue weighted by Crippen LogP contribution is 2.06. The first kappa shape index (κ1) is 8.01. The number of aryl methyl sites for hydroxylation is 1. The fourth-order valence-corrected chi connectivity index (χ4v) is 0.958. The van der Waals surface area contributed by atoms with Crippen LogP contribution in [-0.2, 0) is 0 Å². The van der Waals surface area contributed by atoms with E-state index in [9.17, 15) is 5.11 Å². The Morgan fingerprint density at radius 2 is 2.27 bits per heavy atom. The van der Waals surface area contributed by atoms with Gasteiger partial charge in [0, 0.05) is 11.8 Å². The number of aromatic amines is 1. The molecule has 0 bridgehead atoms. The van der Waals surface area contributed by atoms with Crippen molar-refractivity contribution in [2.45, 2.75) is 20.0 Å². The van der Waals surface area contributed by atoms with Gasteiger partial charge >= 0.3 is 0 Å². The molecule has 0 saturated carbocycles. The van der Waals surface area contributed by atoms with Crippen molar-refractivity contribution in [1.82, 2.24) is 4.98 Å². The number of hydrogen-bond donors (Lipinski definition) is 3. The summed E-state index contributed by atoms with van der Waals surface area (Å²) in [5, 5.41) is 16.6. The molecule has 11 heavy (non-hydrogen) atoms. The first-order valence-electron chi connectivity index (χ1n) is 3.53. The number of aromatic nitrogens is 1. The van der Waals surface area contributed by atoms with Crippen LogP contribution >= 0.6 is 0 Å². The van der Waals surface area contributed by atoms with Gasteiger partial charge in [0.15, 0.2) is 0 Å². The minimum absolute atomic E-state index is 0.283. The van der Waals surface area contributed by atoms with Crippen molar-refractivity contribution >= 4 is 0 Å². The van der Waals surface area contributed by atoms with Crippen LogP contribution in [0.3, 0.4) is 0 Å². The van der Waals surface area contributed by atoms with E-state index < -0.39 is 6.10 Å². The molecule has 0 aliphatic rings. The van der Waals surface area contributed by atoms with Crippen LogP contribution in [0.15, 0.2) is 12.3 Å². The topological polar surface area (TPSA) is 59.9 Å². The second kappa shape index (κ2) is 2.88. The van der Waals surface area contributed by atoms with Crippen LogP contribution in [0.4, 0.5) is 0 Å². The van der Waals surface area contributed by atoms with Crippen molar-refractivity contribution in [3.05, 3.63) is 28.9 Å². The molecule has 3 N–H and O–H groups in total. The van der Waals surface area contributed by atoms with Crippen LogP contribution < -0.4 is 5.49 Å². The van der Waals surface area contributed by atoms with Crippen LogP contribution in [0.5, 0.6) is 0 Å². The lowest BCUT2D eigenvalue weighted by Gasteiger charge is -2.04. The fourth-order valence-electron chi connectivity index (χ4n) is 0.958. The van der Waals surface area contributed by atoms with E-state index in [1.54, 1.807) is 13.1 Å². The molecule has 0 fully saturated rings.